The summed E-state index contributed by atoms with van der Waals surface area (Å²) < 4.78 is 17.7. The van der Waals surface area contributed by atoms with Crippen molar-refractivity contribution in [2.24, 2.45) is 35.5 Å². The fourth-order valence-corrected chi connectivity index (χ4v) is 16.8. The number of aliphatic hydroxyl groups is 9. The van der Waals surface area contributed by atoms with E-state index in [1.165, 1.54) is 61.0 Å². The third-order valence-corrected chi connectivity index (χ3v) is 23.7. The fourth-order valence-electron chi connectivity index (χ4n) is 13.4. The van der Waals surface area contributed by atoms with E-state index >= 15 is 0 Å². The zero-order valence-electron chi connectivity index (χ0n) is 55.5. The van der Waals surface area contributed by atoms with Crippen molar-refractivity contribution in [3.63, 3.8) is 0 Å². The van der Waals surface area contributed by atoms with Crippen LogP contribution >= 0.6 is 102 Å². The number of ether oxygens (including phenoxy) is 3. The standard InChI is InChI=1S/C40H72Cl2N4O10S2.C17H31ClN2O5S.C6H12Br2/c1-7-23-15-25(37(53)43-27(21(3)41)35-31(49)29(47)33(51)39(55-35)57-5)19-45(17-23)13-11-9-10-12-14-46-18-24(8-2)16-26(20-46)38(54)44-28(22(4)42)36-32(50)30(48)34(52)40(56-36)58-6;1-4-9-5-10(7-19-6-9)16(24)20-11(8(2)18)15-13(22)12(21)14(23)17(25-15)26-3;7-5-3-1-2-4-6-8/h21-36,39-40,47-52H,7-20H2,1-6H3,(H,43,53)(H,44,54);8-15,17,19,21-23H,4-7H2,1-3H3,(H,20,24);1-6H2/t21?,22?,23?,24?,25?,26?,27?,28?,29-,30?,31-,32-,33?,34+,35?,36?,39-,40-;8?,9?,10?,11?,12-,13-,14?,15?,17-;/m11./s1. The number of aliphatic hydroxyl groups excluding tert-OH is 9. The van der Waals surface area contributed by atoms with Crippen LogP contribution in [0.1, 0.15) is 131 Å². The van der Waals surface area contributed by atoms with Gasteiger partial charge in [0.05, 0.1) is 52.0 Å². The van der Waals surface area contributed by atoms with E-state index in [0.29, 0.717) is 37.4 Å². The van der Waals surface area contributed by atoms with Crippen LogP contribution in [0.15, 0.2) is 0 Å². The second kappa shape index (κ2) is 44.2. The average molecular weight is 1560 g/mol. The SMILES string of the molecule is BrCCCCCCBr.CCC1CC(C(=O)NC(C(C)Cl)C2O[C@H](SC)[C@@H](O)C(O)[C@H]2O)CN(CCCCCCN2CC(CC)CC(C(=O)NC(C(C)Cl)C3O[C@H](SC)C(O)[C@H](O)[C@H]3O)C2)C1.CCC1CNCC(C(=O)NC(C(C)Cl)C2O[C@H](SC)C(O)[C@H](O)[C@H]2O)C1. The van der Waals surface area contributed by atoms with Gasteiger partial charge in [-0.1, -0.05) is 97.6 Å². The van der Waals surface area contributed by atoms with Crippen molar-refractivity contribution in [3.05, 3.63) is 0 Å². The summed E-state index contributed by atoms with van der Waals surface area (Å²) >= 11 is 29.8. The number of thioether (sulfide) groups is 3. The van der Waals surface area contributed by atoms with Gasteiger partial charge >= 0.3 is 0 Å². The number of alkyl halides is 5. The Hall–Kier alpha value is 0.690. The Morgan fingerprint density at radius 3 is 1.05 bits per heavy atom. The quantitative estimate of drug-likeness (QED) is 0.0331. The predicted octanol–water partition coefficient (Wildman–Crippen LogP) is 5.05. The lowest BCUT2D eigenvalue weighted by atomic mass is 9.86. The molecule has 27 atom stereocenters. The first-order valence-electron chi connectivity index (χ1n) is 33.5. The summed E-state index contributed by atoms with van der Waals surface area (Å²) in [5.41, 5.74) is -2.22. The van der Waals surface area contributed by atoms with Crippen LogP contribution in [-0.4, -0.2) is 279 Å². The molecule has 0 aromatic carbocycles. The van der Waals surface area contributed by atoms with E-state index in [-0.39, 0.29) is 35.5 Å². The van der Waals surface area contributed by atoms with E-state index in [0.717, 1.165) is 108 Å². The normalized spacial score (nSPS) is 36.8. The smallest absolute Gasteiger partial charge is 0.224 e. The Bertz CT molecular complexity index is 2000. The first-order chi connectivity index (χ1) is 43.7. The number of rotatable bonds is 30. The molecule has 0 spiro atoms. The van der Waals surface area contributed by atoms with Crippen molar-refractivity contribution in [2.45, 2.75) is 255 Å². The number of carbonyl (C=O) groups excluding carboxylic acids is 3. The molecule has 29 heteroatoms. The lowest BCUT2D eigenvalue weighted by molar-refractivity contribution is -0.205. The van der Waals surface area contributed by atoms with E-state index in [9.17, 15) is 60.3 Å². The minimum absolute atomic E-state index is 0.134. The van der Waals surface area contributed by atoms with E-state index < -0.39 is 124 Å². The first-order valence-corrected chi connectivity index (χ1v) is 41.0. The summed E-state index contributed by atoms with van der Waals surface area (Å²) in [7, 11) is 0. The highest BCUT2D eigenvalue weighted by molar-refractivity contribution is 9.09. The number of hydrogen-bond donors (Lipinski definition) is 13. The van der Waals surface area contributed by atoms with Gasteiger partial charge in [0.15, 0.2) is 0 Å². The Balaban J connectivity index is 0.000000434. The summed E-state index contributed by atoms with van der Waals surface area (Å²) in [4.78, 5) is 45.0. The minimum Gasteiger partial charge on any atom is -0.388 e. The fraction of sp³-hybridized carbons (Fsp3) is 0.952. The number of piperidine rings is 3. The molecule has 540 valence electrons. The van der Waals surface area contributed by atoms with Gasteiger partial charge in [-0.3, -0.25) is 14.4 Å². The van der Waals surface area contributed by atoms with Crippen LogP contribution in [-0.2, 0) is 28.6 Å². The molecule has 13 N–H and O–H groups in total. The van der Waals surface area contributed by atoms with Crippen LogP contribution < -0.4 is 21.3 Å². The van der Waals surface area contributed by atoms with Crippen LogP contribution in [0.25, 0.3) is 0 Å². The molecule has 6 aliphatic heterocycles. The highest BCUT2D eigenvalue weighted by Crippen LogP contribution is 2.35. The molecule has 18 unspecified atom stereocenters. The number of unbranched alkanes of at least 4 members (excludes halogenated alkanes) is 6. The number of hydrogen-bond acceptors (Lipinski definition) is 21. The van der Waals surface area contributed by atoms with E-state index in [1.807, 2.05) is 0 Å². The predicted molar refractivity (Wildman–Crippen MR) is 378 cm³/mol. The van der Waals surface area contributed by atoms with Crippen molar-refractivity contribution < 1.29 is 74.6 Å². The Morgan fingerprint density at radius 1 is 0.457 bits per heavy atom. The highest BCUT2D eigenvalue weighted by atomic mass is 79.9. The molecular formula is C63H115Br2Cl3N6O15S3. The van der Waals surface area contributed by atoms with Gasteiger partial charge in [0.25, 0.3) is 0 Å². The molecule has 6 fully saturated rings. The second-order valence-electron chi connectivity index (χ2n) is 26.2. The van der Waals surface area contributed by atoms with Crippen LogP contribution in [0.5, 0.6) is 0 Å². The molecule has 6 aliphatic rings. The third kappa shape index (κ3) is 25.6. The van der Waals surface area contributed by atoms with Crippen LogP contribution in [0.2, 0.25) is 0 Å². The first kappa shape index (κ1) is 85.1. The van der Waals surface area contributed by atoms with Gasteiger partial charge in [0, 0.05) is 43.4 Å². The highest BCUT2D eigenvalue weighted by Gasteiger charge is 2.51. The maximum Gasteiger partial charge on any atom is 0.224 e. The summed E-state index contributed by atoms with van der Waals surface area (Å²) in [5.74, 6) is 0.0992. The molecular weight excluding hydrogens is 1440 g/mol. The average Bonchev–Trinajstić information content (AvgIpc) is 0.827. The van der Waals surface area contributed by atoms with Gasteiger partial charge in [-0.2, -0.15) is 0 Å². The summed E-state index contributed by atoms with van der Waals surface area (Å²) in [5, 5.41) is 107. The van der Waals surface area contributed by atoms with Gasteiger partial charge in [-0.05, 0) is 122 Å². The molecule has 0 aromatic rings. The van der Waals surface area contributed by atoms with Gasteiger partial charge in [0.2, 0.25) is 17.7 Å². The van der Waals surface area contributed by atoms with Crippen molar-refractivity contribution in [1.82, 2.24) is 31.1 Å². The number of nitrogens with one attached hydrogen (secondary N) is 4. The van der Waals surface area contributed by atoms with Crippen LogP contribution in [0.4, 0.5) is 0 Å². The molecule has 21 nitrogen and oxygen atoms in total. The van der Waals surface area contributed by atoms with Crippen LogP contribution in [0.3, 0.4) is 0 Å². The Labute approximate surface area is 593 Å². The largest absolute Gasteiger partial charge is 0.388 e. The maximum absolute atomic E-state index is 13.7. The van der Waals surface area contributed by atoms with Crippen molar-refractivity contribution in [1.29, 1.82) is 0 Å². The Morgan fingerprint density at radius 2 is 0.761 bits per heavy atom. The number of halogens is 5. The molecule has 0 aliphatic carbocycles. The Kier molecular flexibility index (Phi) is 40.8. The molecule has 0 bridgehead atoms. The lowest BCUT2D eigenvalue weighted by Gasteiger charge is -2.44. The number of carbonyl (C=O) groups is 3. The summed E-state index contributed by atoms with van der Waals surface area (Å²) in [6.07, 6.45) is 5.06. The molecule has 6 rings (SSSR count). The third-order valence-electron chi connectivity index (χ3n) is 19.2. The van der Waals surface area contributed by atoms with Crippen molar-refractivity contribution in [3.8, 4) is 0 Å². The second-order valence-corrected chi connectivity index (χ2v) is 32.6. The van der Waals surface area contributed by atoms with Gasteiger partial charge in [0.1, 0.15) is 89.6 Å². The van der Waals surface area contributed by atoms with Crippen LogP contribution in [0, 0.1) is 35.5 Å². The van der Waals surface area contributed by atoms with E-state index in [1.54, 1.807) is 39.5 Å². The van der Waals surface area contributed by atoms with Crippen molar-refractivity contribution >= 4 is 120 Å². The zero-order chi connectivity index (χ0) is 68.5. The summed E-state index contributed by atoms with van der Waals surface area (Å²) in [6.45, 7) is 18.0. The monoisotopic (exact) mass is 1550 g/mol. The van der Waals surface area contributed by atoms with Crippen molar-refractivity contribution in [2.75, 3.05) is 81.8 Å². The van der Waals surface area contributed by atoms with Gasteiger partial charge in [-0.25, -0.2) is 0 Å². The zero-order valence-corrected chi connectivity index (χ0v) is 63.4. The van der Waals surface area contributed by atoms with Gasteiger partial charge < -0.3 is 91.2 Å². The number of nitrogens with zero attached hydrogens (tertiary/aromatic N) is 2. The molecule has 3 amide bonds. The molecule has 92 heavy (non-hydrogen) atoms. The lowest BCUT2D eigenvalue weighted by Crippen LogP contribution is -2.65. The minimum atomic E-state index is -1.42. The van der Waals surface area contributed by atoms with Gasteiger partial charge in [-0.15, -0.1) is 70.1 Å². The number of likely N-dealkylation sites (tertiary alicyclic amines) is 2. The topological polar surface area (TPSA) is 316 Å². The molecule has 6 saturated heterocycles. The van der Waals surface area contributed by atoms with E-state index in [2.05, 4.69) is 83.7 Å². The number of amides is 3. The summed E-state index contributed by atoms with van der Waals surface area (Å²) in [6, 6.07) is -2.20. The molecule has 0 aromatic heterocycles. The molecule has 0 radical (unpaired) electrons. The molecule has 0 saturated carbocycles. The van der Waals surface area contributed by atoms with E-state index in [4.69, 9.17) is 49.0 Å². The maximum atomic E-state index is 13.7. The molecule has 6 heterocycles.